The van der Waals surface area contributed by atoms with Crippen molar-refractivity contribution in [2.24, 2.45) is 0 Å². The van der Waals surface area contributed by atoms with Crippen molar-refractivity contribution >= 4 is 38.8 Å². The van der Waals surface area contributed by atoms with Crippen LogP contribution in [0.3, 0.4) is 0 Å². The van der Waals surface area contributed by atoms with E-state index < -0.39 is 11.9 Å². The molecule has 0 spiro atoms. The van der Waals surface area contributed by atoms with Crippen molar-refractivity contribution in [1.82, 2.24) is 0 Å². The first-order valence-corrected chi connectivity index (χ1v) is 10.7. The Morgan fingerprint density at radius 1 is 0.938 bits per heavy atom. The van der Waals surface area contributed by atoms with Crippen LogP contribution < -0.4 is 9.47 Å². The molecule has 0 bridgehead atoms. The van der Waals surface area contributed by atoms with Gasteiger partial charge in [0.25, 0.3) is 0 Å². The Morgan fingerprint density at radius 3 is 2.34 bits per heavy atom. The summed E-state index contributed by atoms with van der Waals surface area (Å²) in [4.78, 5) is 25.4. The monoisotopic (exact) mass is 494 g/mol. The first-order chi connectivity index (χ1) is 15.5. The summed E-state index contributed by atoms with van der Waals surface area (Å²) in [5.41, 5.74) is 1.83. The minimum atomic E-state index is -0.522. The standard InChI is InChI=1S/C25H19BrO6/c1-3-30-25(28)22-19-14-17(31-24(27)18-6-4-5-7-20(18)26)12-13-21(19)32-23(22)15-8-10-16(29-2)11-9-15/h4-14H,3H2,1-2H3. The number of halogens is 1. The van der Waals surface area contributed by atoms with Crippen LogP contribution in [0.15, 0.2) is 75.6 Å². The summed E-state index contributed by atoms with van der Waals surface area (Å²) in [7, 11) is 1.58. The van der Waals surface area contributed by atoms with Crippen LogP contribution >= 0.6 is 15.9 Å². The number of fused-ring (bicyclic) bond motifs is 1. The van der Waals surface area contributed by atoms with E-state index in [0.717, 1.165) is 0 Å². The van der Waals surface area contributed by atoms with Crippen LogP contribution in [0.1, 0.15) is 27.6 Å². The Balaban J connectivity index is 1.77. The molecule has 0 amide bonds. The third-order valence-corrected chi connectivity index (χ3v) is 5.49. The summed E-state index contributed by atoms with van der Waals surface area (Å²) in [6.45, 7) is 1.95. The number of benzene rings is 3. The van der Waals surface area contributed by atoms with Gasteiger partial charge in [-0.2, -0.15) is 0 Å². The highest BCUT2D eigenvalue weighted by molar-refractivity contribution is 9.10. The smallest absolute Gasteiger partial charge is 0.344 e. The fourth-order valence-electron chi connectivity index (χ4n) is 3.28. The Morgan fingerprint density at radius 2 is 1.66 bits per heavy atom. The van der Waals surface area contributed by atoms with Gasteiger partial charge in [0.2, 0.25) is 0 Å². The number of ether oxygens (including phenoxy) is 3. The van der Waals surface area contributed by atoms with Crippen molar-refractivity contribution in [2.45, 2.75) is 6.92 Å². The zero-order valence-electron chi connectivity index (χ0n) is 17.4. The maximum absolute atomic E-state index is 12.8. The van der Waals surface area contributed by atoms with E-state index in [1.54, 1.807) is 74.7 Å². The Labute approximate surface area is 192 Å². The minimum absolute atomic E-state index is 0.213. The van der Waals surface area contributed by atoms with Crippen molar-refractivity contribution in [2.75, 3.05) is 13.7 Å². The van der Waals surface area contributed by atoms with Gasteiger partial charge in [-0.05, 0) is 77.5 Å². The minimum Gasteiger partial charge on any atom is -0.497 e. The molecular formula is C25H19BrO6. The molecule has 7 heteroatoms. The second-order valence-electron chi connectivity index (χ2n) is 6.78. The number of rotatable bonds is 6. The van der Waals surface area contributed by atoms with Crippen LogP contribution in [0.5, 0.6) is 11.5 Å². The molecule has 0 aliphatic heterocycles. The Bertz CT molecular complexity index is 1290. The van der Waals surface area contributed by atoms with Gasteiger partial charge in [-0.15, -0.1) is 0 Å². The predicted molar refractivity (Wildman–Crippen MR) is 123 cm³/mol. The van der Waals surface area contributed by atoms with Gasteiger partial charge in [0, 0.05) is 15.4 Å². The van der Waals surface area contributed by atoms with E-state index in [4.69, 9.17) is 18.6 Å². The van der Waals surface area contributed by atoms with E-state index in [9.17, 15) is 9.59 Å². The molecule has 0 aliphatic carbocycles. The van der Waals surface area contributed by atoms with E-state index in [0.29, 0.717) is 38.1 Å². The average molecular weight is 495 g/mol. The van der Waals surface area contributed by atoms with Gasteiger partial charge in [0.05, 0.1) is 19.3 Å². The van der Waals surface area contributed by atoms with Gasteiger partial charge in [-0.3, -0.25) is 0 Å². The summed E-state index contributed by atoms with van der Waals surface area (Å²) in [6, 6.07) is 19.0. The van der Waals surface area contributed by atoms with E-state index in [2.05, 4.69) is 15.9 Å². The second-order valence-corrected chi connectivity index (χ2v) is 7.64. The molecule has 6 nitrogen and oxygen atoms in total. The lowest BCUT2D eigenvalue weighted by atomic mass is 10.1. The first kappa shape index (κ1) is 21.6. The number of methoxy groups -OCH3 is 1. The molecule has 0 fully saturated rings. The summed E-state index contributed by atoms with van der Waals surface area (Å²) in [5, 5.41) is 0.492. The van der Waals surface area contributed by atoms with Gasteiger partial charge in [0.1, 0.15) is 28.4 Å². The number of esters is 2. The Kier molecular flexibility index (Phi) is 6.28. The van der Waals surface area contributed by atoms with E-state index in [1.165, 1.54) is 0 Å². The van der Waals surface area contributed by atoms with Crippen molar-refractivity contribution < 1.29 is 28.2 Å². The van der Waals surface area contributed by atoms with Gasteiger partial charge in [-0.1, -0.05) is 12.1 Å². The molecular weight excluding hydrogens is 476 g/mol. The SMILES string of the molecule is CCOC(=O)c1c(-c2ccc(OC)cc2)oc2ccc(OC(=O)c3ccccc3Br)cc12. The highest BCUT2D eigenvalue weighted by atomic mass is 79.9. The summed E-state index contributed by atoms with van der Waals surface area (Å²) >= 11 is 3.35. The number of hydrogen-bond donors (Lipinski definition) is 0. The number of carbonyl (C=O) groups is 2. The quantitative estimate of drug-likeness (QED) is 0.232. The molecule has 0 unspecified atom stereocenters. The van der Waals surface area contributed by atoms with Crippen LogP contribution in [0.25, 0.3) is 22.3 Å². The third-order valence-electron chi connectivity index (χ3n) is 4.80. The lowest BCUT2D eigenvalue weighted by Crippen LogP contribution is -2.09. The van der Waals surface area contributed by atoms with E-state index in [1.807, 2.05) is 6.07 Å². The third kappa shape index (κ3) is 4.24. The van der Waals surface area contributed by atoms with Crippen molar-refractivity contribution in [3.05, 3.63) is 82.3 Å². The van der Waals surface area contributed by atoms with Crippen LogP contribution in [-0.2, 0) is 4.74 Å². The number of carbonyl (C=O) groups excluding carboxylic acids is 2. The summed E-state index contributed by atoms with van der Waals surface area (Å²) < 4.78 is 22.7. The van der Waals surface area contributed by atoms with Crippen molar-refractivity contribution in [1.29, 1.82) is 0 Å². The highest BCUT2D eigenvalue weighted by Crippen LogP contribution is 2.37. The molecule has 3 aromatic carbocycles. The maximum Gasteiger partial charge on any atom is 0.344 e. The predicted octanol–water partition coefficient (Wildman–Crippen LogP) is 6.27. The molecule has 4 rings (SSSR count). The maximum atomic E-state index is 12.8. The molecule has 32 heavy (non-hydrogen) atoms. The molecule has 0 N–H and O–H groups in total. The average Bonchev–Trinajstić information content (AvgIpc) is 3.18. The van der Waals surface area contributed by atoms with E-state index >= 15 is 0 Å². The molecule has 0 atom stereocenters. The number of hydrogen-bond acceptors (Lipinski definition) is 6. The summed E-state index contributed by atoms with van der Waals surface area (Å²) in [5.74, 6) is 0.296. The molecule has 0 radical (unpaired) electrons. The van der Waals surface area contributed by atoms with Gasteiger partial charge < -0.3 is 18.6 Å². The van der Waals surface area contributed by atoms with Gasteiger partial charge in [-0.25, -0.2) is 9.59 Å². The molecule has 1 aromatic heterocycles. The molecule has 0 saturated heterocycles. The molecule has 1 heterocycles. The number of furan rings is 1. The van der Waals surface area contributed by atoms with Crippen LogP contribution in [0.2, 0.25) is 0 Å². The highest BCUT2D eigenvalue weighted by Gasteiger charge is 2.24. The largest absolute Gasteiger partial charge is 0.497 e. The Hall–Kier alpha value is -3.58. The zero-order valence-corrected chi connectivity index (χ0v) is 19.0. The van der Waals surface area contributed by atoms with E-state index in [-0.39, 0.29) is 17.9 Å². The summed E-state index contributed by atoms with van der Waals surface area (Å²) in [6.07, 6.45) is 0. The fourth-order valence-corrected chi connectivity index (χ4v) is 3.73. The van der Waals surface area contributed by atoms with Crippen LogP contribution in [0.4, 0.5) is 0 Å². The zero-order chi connectivity index (χ0) is 22.7. The second kappa shape index (κ2) is 9.28. The van der Waals surface area contributed by atoms with Crippen molar-refractivity contribution in [3.8, 4) is 22.8 Å². The molecule has 0 saturated carbocycles. The topological polar surface area (TPSA) is 75.0 Å². The van der Waals surface area contributed by atoms with Crippen LogP contribution in [0, 0.1) is 0 Å². The first-order valence-electron chi connectivity index (χ1n) is 9.86. The normalized spacial score (nSPS) is 10.7. The van der Waals surface area contributed by atoms with Gasteiger partial charge in [0.15, 0.2) is 0 Å². The van der Waals surface area contributed by atoms with Crippen molar-refractivity contribution in [3.63, 3.8) is 0 Å². The lowest BCUT2D eigenvalue weighted by Gasteiger charge is -2.07. The molecule has 0 aliphatic rings. The molecule has 4 aromatic rings. The molecule has 162 valence electrons. The van der Waals surface area contributed by atoms with Crippen LogP contribution in [-0.4, -0.2) is 25.7 Å². The lowest BCUT2D eigenvalue weighted by molar-refractivity contribution is 0.0528. The van der Waals surface area contributed by atoms with Gasteiger partial charge >= 0.3 is 11.9 Å². The fraction of sp³-hybridized carbons (Fsp3) is 0.120.